The summed E-state index contributed by atoms with van der Waals surface area (Å²) in [5, 5.41) is 3.61. The summed E-state index contributed by atoms with van der Waals surface area (Å²) in [5.41, 5.74) is 1.28. The van der Waals surface area contributed by atoms with E-state index in [9.17, 15) is 4.79 Å². The van der Waals surface area contributed by atoms with E-state index in [1.807, 2.05) is 0 Å². The van der Waals surface area contributed by atoms with Gasteiger partial charge in [-0.2, -0.15) is 0 Å². The largest absolute Gasteiger partial charge is 0.493 e. The van der Waals surface area contributed by atoms with E-state index in [2.05, 4.69) is 5.32 Å². The predicted octanol–water partition coefficient (Wildman–Crippen LogP) is 3.70. The highest BCUT2D eigenvalue weighted by molar-refractivity contribution is 6.31. The Hall–Kier alpha value is -1.94. The van der Waals surface area contributed by atoms with Crippen LogP contribution in [-0.2, 0) is 4.79 Å². The van der Waals surface area contributed by atoms with Gasteiger partial charge in [0.2, 0.25) is 0 Å². The van der Waals surface area contributed by atoms with Crippen LogP contribution >= 0.6 is 11.6 Å². The quantitative estimate of drug-likeness (QED) is 0.924. The number of ether oxygens (including phenoxy) is 2. The average Bonchev–Trinajstić information content (AvgIpc) is 2.90. The molecule has 1 aromatic rings. The molecular weight excluding hydrogens is 302 g/mol. The highest BCUT2D eigenvalue weighted by Crippen LogP contribution is 2.37. The molecule has 0 radical (unpaired) electrons. The molecule has 1 amide bonds. The Morgan fingerprint density at radius 3 is 2.86 bits per heavy atom. The lowest BCUT2D eigenvalue weighted by Crippen LogP contribution is -2.33. The van der Waals surface area contributed by atoms with E-state index in [1.165, 1.54) is 19.1 Å². The summed E-state index contributed by atoms with van der Waals surface area (Å²) < 4.78 is 10.9. The van der Waals surface area contributed by atoms with Gasteiger partial charge >= 0.3 is 0 Å². The van der Waals surface area contributed by atoms with Gasteiger partial charge in [0.15, 0.2) is 11.5 Å². The highest BCUT2D eigenvalue weighted by atomic mass is 35.5. The first-order chi connectivity index (χ1) is 10.7. The number of hydrogen-bond acceptors (Lipinski definition) is 3. The van der Waals surface area contributed by atoms with Gasteiger partial charge in [0.25, 0.3) is 5.91 Å². The topological polar surface area (TPSA) is 47.6 Å². The number of rotatable bonds is 3. The second-order valence-electron chi connectivity index (χ2n) is 5.50. The second kappa shape index (κ2) is 6.44. The van der Waals surface area contributed by atoms with E-state index >= 15 is 0 Å². The Labute approximate surface area is 134 Å². The normalized spacial score (nSPS) is 17.3. The Kier molecular flexibility index (Phi) is 4.39. The molecule has 0 bridgehead atoms. The number of nitrogens with one attached hydrogen (secondary N) is 1. The fourth-order valence-corrected chi connectivity index (χ4v) is 3.06. The maximum atomic E-state index is 12.4. The highest BCUT2D eigenvalue weighted by Gasteiger charge is 2.20. The molecule has 5 heteroatoms. The molecule has 4 nitrogen and oxygen atoms in total. The van der Waals surface area contributed by atoms with E-state index < -0.39 is 0 Å². The Balaban J connectivity index is 1.89. The lowest BCUT2D eigenvalue weighted by Gasteiger charge is -2.12. The molecule has 1 aliphatic heterocycles. The molecule has 1 saturated carbocycles. The molecule has 116 valence electrons. The van der Waals surface area contributed by atoms with Crippen LogP contribution in [0.1, 0.15) is 31.2 Å². The smallest absolute Gasteiger partial charge is 0.251 e. The Morgan fingerprint density at radius 1 is 1.36 bits per heavy atom. The number of benzene rings is 1. The second-order valence-corrected chi connectivity index (χ2v) is 5.94. The number of carbonyl (C=O) groups excluding carboxylic acids is 1. The molecular formula is C17H18ClNO3. The van der Waals surface area contributed by atoms with E-state index in [4.69, 9.17) is 21.1 Å². The van der Waals surface area contributed by atoms with Gasteiger partial charge in [-0.15, -0.1) is 0 Å². The zero-order chi connectivity index (χ0) is 15.5. The maximum Gasteiger partial charge on any atom is 0.251 e. The van der Waals surface area contributed by atoms with Crippen LogP contribution in [0.3, 0.4) is 0 Å². The average molecular weight is 320 g/mol. The third kappa shape index (κ3) is 3.12. The first-order valence-electron chi connectivity index (χ1n) is 7.40. The van der Waals surface area contributed by atoms with Crippen LogP contribution in [0.25, 0.3) is 6.08 Å². The summed E-state index contributed by atoms with van der Waals surface area (Å²) in [7, 11) is 1.56. The van der Waals surface area contributed by atoms with E-state index in [1.54, 1.807) is 31.4 Å². The fraction of sp³-hybridized carbons (Fsp3) is 0.353. The van der Waals surface area contributed by atoms with Crippen molar-refractivity contribution in [2.45, 2.75) is 31.7 Å². The summed E-state index contributed by atoms with van der Waals surface area (Å²) in [6, 6.07) is 3.72. The summed E-state index contributed by atoms with van der Waals surface area (Å²) in [6.45, 7) is 0. The molecule has 1 N–H and O–H groups in total. The zero-order valence-electron chi connectivity index (χ0n) is 12.4. The molecule has 1 fully saturated rings. The minimum Gasteiger partial charge on any atom is -0.493 e. The van der Waals surface area contributed by atoms with Crippen molar-refractivity contribution < 1.29 is 14.3 Å². The van der Waals surface area contributed by atoms with Crippen molar-refractivity contribution in [1.29, 1.82) is 0 Å². The van der Waals surface area contributed by atoms with Crippen LogP contribution < -0.4 is 14.8 Å². The molecule has 22 heavy (non-hydrogen) atoms. The fourth-order valence-electron chi connectivity index (χ4n) is 2.84. The summed E-state index contributed by atoms with van der Waals surface area (Å²) in [5.74, 6) is 1.02. The minimum atomic E-state index is -0.0847. The number of amides is 1. The van der Waals surface area contributed by atoms with E-state index in [0.717, 1.165) is 18.4 Å². The van der Waals surface area contributed by atoms with Crippen LogP contribution in [-0.4, -0.2) is 19.1 Å². The monoisotopic (exact) mass is 319 g/mol. The van der Waals surface area contributed by atoms with Crippen molar-refractivity contribution in [3.05, 3.63) is 40.6 Å². The molecule has 1 aromatic carbocycles. The van der Waals surface area contributed by atoms with Gasteiger partial charge in [-0.25, -0.2) is 0 Å². The van der Waals surface area contributed by atoms with Gasteiger partial charge < -0.3 is 14.8 Å². The lowest BCUT2D eigenvalue weighted by molar-refractivity contribution is -0.117. The van der Waals surface area contributed by atoms with Gasteiger partial charge in [-0.3, -0.25) is 4.79 Å². The summed E-state index contributed by atoms with van der Waals surface area (Å²) in [6.07, 6.45) is 9.40. The van der Waals surface area contributed by atoms with Gasteiger partial charge in [0.05, 0.1) is 13.4 Å². The van der Waals surface area contributed by atoms with Gasteiger partial charge in [-0.1, -0.05) is 24.4 Å². The van der Waals surface area contributed by atoms with Crippen LogP contribution in [0.2, 0.25) is 5.02 Å². The van der Waals surface area contributed by atoms with Crippen molar-refractivity contribution in [3.63, 3.8) is 0 Å². The summed E-state index contributed by atoms with van der Waals surface area (Å²) in [4.78, 5) is 12.4. The number of fused-ring (bicyclic) bond motifs is 1. The van der Waals surface area contributed by atoms with Crippen LogP contribution in [0, 0.1) is 0 Å². The lowest BCUT2D eigenvalue weighted by atomic mass is 10.1. The first-order valence-corrected chi connectivity index (χ1v) is 7.78. The number of carbonyl (C=O) groups is 1. The Bertz CT molecular complexity index is 646. The van der Waals surface area contributed by atoms with Crippen LogP contribution in [0.4, 0.5) is 0 Å². The maximum absolute atomic E-state index is 12.4. The predicted molar refractivity (Wildman–Crippen MR) is 86.1 cm³/mol. The third-order valence-corrected chi connectivity index (χ3v) is 4.18. The zero-order valence-corrected chi connectivity index (χ0v) is 13.2. The van der Waals surface area contributed by atoms with Crippen molar-refractivity contribution >= 4 is 23.6 Å². The standard InChI is InChI=1S/C17H18ClNO3/c1-21-15-10-13(18)9-12-8-11(6-7-22-16(12)15)17(20)19-14-4-2-3-5-14/h6-10,14H,2-5H2,1H3,(H,19,20). The molecule has 3 rings (SSSR count). The molecule has 0 aromatic heterocycles. The Morgan fingerprint density at radius 2 is 2.14 bits per heavy atom. The van der Waals surface area contributed by atoms with Crippen LogP contribution in [0.15, 0.2) is 30.0 Å². The van der Waals surface area contributed by atoms with Gasteiger partial charge in [-0.05, 0) is 31.1 Å². The number of halogens is 1. The van der Waals surface area contributed by atoms with Crippen molar-refractivity contribution in [1.82, 2.24) is 5.32 Å². The molecule has 1 heterocycles. The van der Waals surface area contributed by atoms with E-state index in [0.29, 0.717) is 22.1 Å². The van der Waals surface area contributed by atoms with Crippen molar-refractivity contribution in [2.75, 3.05) is 7.11 Å². The van der Waals surface area contributed by atoms with E-state index in [-0.39, 0.29) is 11.9 Å². The van der Waals surface area contributed by atoms with Gasteiger partial charge in [0, 0.05) is 28.3 Å². The minimum absolute atomic E-state index is 0.0847. The number of methoxy groups -OCH3 is 1. The first kappa shape index (κ1) is 15.0. The molecule has 0 atom stereocenters. The molecule has 0 spiro atoms. The van der Waals surface area contributed by atoms with Crippen molar-refractivity contribution in [3.8, 4) is 11.5 Å². The SMILES string of the molecule is COc1cc(Cl)cc2c1OC=CC(C(=O)NC1CCCC1)=C2. The molecule has 2 aliphatic rings. The van der Waals surface area contributed by atoms with Gasteiger partial charge in [0.1, 0.15) is 0 Å². The number of hydrogen-bond donors (Lipinski definition) is 1. The molecule has 1 aliphatic carbocycles. The summed E-state index contributed by atoms with van der Waals surface area (Å²) >= 11 is 6.09. The van der Waals surface area contributed by atoms with Crippen LogP contribution in [0.5, 0.6) is 11.5 Å². The third-order valence-electron chi connectivity index (χ3n) is 3.97. The molecule has 0 unspecified atom stereocenters. The van der Waals surface area contributed by atoms with Crippen molar-refractivity contribution in [2.24, 2.45) is 0 Å². The molecule has 0 saturated heterocycles.